The number of hydrogen-bond acceptors (Lipinski definition) is 6. The number of aromatic nitrogens is 3. The number of fused-ring (bicyclic) bond motifs is 1. The summed E-state index contributed by atoms with van der Waals surface area (Å²) in [5, 5.41) is 10.7. The van der Waals surface area contributed by atoms with Crippen LogP contribution < -0.4 is 9.80 Å². The molecule has 3 heterocycles. The molecule has 7 heteroatoms. The molecule has 1 saturated heterocycles. The van der Waals surface area contributed by atoms with Crippen LogP contribution >= 0.6 is 22.9 Å². The lowest BCUT2D eigenvalue weighted by atomic mass is 10.1. The van der Waals surface area contributed by atoms with Crippen molar-refractivity contribution in [1.82, 2.24) is 15.2 Å². The van der Waals surface area contributed by atoms with Crippen LogP contribution in [0.15, 0.2) is 60.7 Å². The molecule has 2 aromatic heterocycles. The molecule has 2 aromatic carbocycles. The van der Waals surface area contributed by atoms with E-state index in [4.69, 9.17) is 16.6 Å². The molecule has 140 valence electrons. The number of hydrogen-bond donors (Lipinski definition) is 0. The SMILES string of the molecule is Clc1ccc2nc(N3CCN(c4ccc(-c5ccccc5)nn4)CC3)sc2c1. The highest BCUT2D eigenvalue weighted by Gasteiger charge is 2.21. The van der Waals surface area contributed by atoms with Crippen molar-refractivity contribution in [2.24, 2.45) is 0 Å². The van der Waals surface area contributed by atoms with Crippen LogP contribution in [0, 0.1) is 0 Å². The zero-order valence-electron chi connectivity index (χ0n) is 15.1. The first-order valence-electron chi connectivity index (χ1n) is 9.21. The minimum atomic E-state index is 0.755. The van der Waals surface area contributed by atoms with Gasteiger partial charge < -0.3 is 9.80 Å². The quantitative estimate of drug-likeness (QED) is 0.491. The Hall–Kier alpha value is -2.70. The Balaban J connectivity index is 1.27. The van der Waals surface area contributed by atoms with Gasteiger partial charge in [0.2, 0.25) is 0 Å². The van der Waals surface area contributed by atoms with Crippen LogP contribution in [0.1, 0.15) is 0 Å². The lowest BCUT2D eigenvalue weighted by Gasteiger charge is -2.35. The second kappa shape index (κ2) is 7.37. The Kier molecular flexibility index (Phi) is 4.58. The summed E-state index contributed by atoms with van der Waals surface area (Å²) in [5.74, 6) is 0.926. The minimum Gasteiger partial charge on any atom is -0.352 e. The van der Waals surface area contributed by atoms with Gasteiger partial charge in [-0.3, -0.25) is 0 Å². The van der Waals surface area contributed by atoms with Gasteiger partial charge in [0.05, 0.1) is 15.9 Å². The molecule has 5 nitrogen and oxygen atoms in total. The van der Waals surface area contributed by atoms with Crippen molar-refractivity contribution in [1.29, 1.82) is 0 Å². The number of halogens is 1. The second-order valence-electron chi connectivity index (χ2n) is 6.73. The Morgan fingerprint density at radius 2 is 1.61 bits per heavy atom. The molecule has 0 aliphatic carbocycles. The number of thiazole rings is 1. The maximum Gasteiger partial charge on any atom is 0.186 e. The first-order valence-corrected chi connectivity index (χ1v) is 10.4. The molecule has 5 rings (SSSR count). The van der Waals surface area contributed by atoms with Gasteiger partial charge in [0.15, 0.2) is 10.9 Å². The lowest BCUT2D eigenvalue weighted by Crippen LogP contribution is -2.46. The van der Waals surface area contributed by atoms with Crippen LogP contribution in [0.5, 0.6) is 0 Å². The summed E-state index contributed by atoms with van der Waals surface area (Å²) in [6, 6.07) is 20.1. The van der Waals surface area contributed by atoms with E-state index < -0.39 is 0 Å². The first-order chi connectivity index (χ1) is 13.8. The van der Waals surface area contributed by atoms with Crippen molar-refractivity contribution >= 4 is 44.1 Å². The lowest BCUT2D eigenvalue weighted by molar-refractivity contribution is 0.643. The van der Waals surface area contributed by atoms with E-state index in [0.29, 0.717) is 0 Å². The van der Waals surface area contributed by atoms with Crippen LogP contribution in [0.4, 0.5) is 10.9 Å². The average molecular weight is 408 g/mol. The topological polar surface area (TPSA) is 45.2 Å². The van der Waals surface area contributed by atoms with E-state index in [9.17, 15) is 0 Å². The van der Waals surface area contributed by atoms with Crippen molar-refractivity contribution in [3.63, 3.8) is 0 Å². The maximum absolute atomic E-state index is 6.10. The Labute approximate surface area is 172 Å². The van der Waals surface area contributed by atoms with Gasteiger partial charge >= 0.3 is 0 Å². The van der Waals surface area contributed by atoms with E-state index in [1.807, 2.05) is 54.6 Å². The molecule has 1 aliphatic heterocycles. The predicted octanol–water partition coefficient (Wildman–Crippen LogP) is 4.73. The van der Waals surface area contributed by atoms with E-state index in [0.717, 1.165) is 63.6 Å². The predicted molar refractivity (Wildman–Crippen MR) is 117 cm³/mol. The van der Waals surface area contributed by atoms with Crippen LogP contribution in [-0.4, -0.2) is 41.4 Å². The zero-order valence-corrected chi connectivity index (χ0v) is 16.7. The largest absolute Gasteiger partial charge is 0.352 e. The highest BCUT2D eigenvalue weighted by molar-refractivity contribution is 7.22. The summed E-state index contributed by atoms with van der Waals surface area (Å²) in [4.78, 5) is 9.37. The van der Waals surface area contributed by atoms with Crippen LogP contribution in [0.3, 0.4) is 0 Å². The average Bonchev–Trinajstić information content (AvgIpc) is 3.18. The maximum atomic E-state index is 6.10. The molecular formula is C21H18ClN5S. The first kappa shape index (κ1) is 17.4. The second-order valence-corrected chi connectivity index (χ2v) is 8.17. The molecule has 0 unspecified atom stereocenters. The van der Waals surface area contributed by atoms with E-state index in [1.165, 1.54) is 0 Å². The summed E-state index contributed by atoms with van der Waals surface area (Å²) in [5.41, 5.74) is 2.99. The molecule has 4 aromatic rings. The van der Waals surface area contributed by atoms with E-state index >= 15 is 0 Å². The molecule has 0 radical (unpaired) electrons. The Morgan fingerprint density at radius 1 is 0.821 bits per heavy atom. The van der Waals surface area contributed by atoms with Crippen molar-refractivity contribution in [3.05, 3.63) is 65.7 Å². The normalized spacial score (nSPS) is 14.6. The van der Waals surface area contributed by atoms with Gasteiger partial charge in [0, 0.05) is 36.8 Å². The highest BCUT2D eigenvalue weighted by atomic mass is 35.5. The van der Waals surface area contributed by atoms with Crippen molar-refractivity contribution in [2.45, 2.75) is 0 Å². The van der Waals surface area contributed by atoms with E-state index in [1.54, 1.807) is 11.3 Å². The van der Waals surface area contributed by atoms with E-state index in [2.05, 4.69) is 26.1 Å². The highest BCUT2D eigenvalue weighted by Crippen LogP contribution is 2.31. The van der Waals surface area contributed by atoms with Gasteiger partial charge in [-0.1, -0.05) is 53.3 Å². The zero-order chi connectivity index (χ0) is 18.9. The fourth-order valence-corrected chi connectivity index (χ4v) is 4.70. The minimum absolute atomic E-state index is 0.755. The van der Waals surface area contributed by atoms with Gasteiger partial charge in [-0.25, -0.2) is 4.98 Å². The van der Waals surface area contributed by atoms with Gasteiger partial charge in [-0.05, 0) is 30.3 Å². The molecule has 0 atom stereocenters. The summed E-state index contributed by atoms with van der Waals surface area (Å²) in [6.07, 6.45) is 0. The molecule has 0 spiro atoms. The number of rotatable bonds is 3. The van der Waals surface area contributed by atoms with Crippen molar-refractivity contribution in [2.75, 3.05) is 36.0 Å². The fraction of sp³-hybridized carbons (Fsp3) is 0.190. The standard InChI is InChI=1S/C21H18ClN5S/c22-16-6-7-18-19(14-16)28-21(23-18)27-12-10-26(11-13-27)20-9-8-17(24-25-20)15-4-2-1-3-5-15/h1-9,14H,10-13H2. The third kappa shape index (κ3) is 3.41. The van der Waals surface area contributed by atoms with E-state index in [-0.39, 0.29) is 0 Å². The molecule has 28 heavy (non-hydrogen) atoms. The summed E-state index contributed by atoms with van der Waals surface area (Å²) < 4.78 is 1.13. The Bertz CT molecular complexity index is 1090. The van der Waals surface area contributed by atoms with Crippen LogP contribution in [0.25, 0.3) is 21.5 Å². The summed E-state index contributed by atoms with van der Waals surface area (Å²) >= 11 is 7.80. The number of piperazine rings is 1. The van der Waals surface area contributed by atoms with Gasteiger partial charge in [0.25, 0.3) is 0 Å². The number of benzene rings is 2. The van der Waals surface area contributed by atoms with Crippen molar-refractivity contribution in [3.8, 4) is 11.3 Å². The molecule has 0 saturated carbocycles. The van der Waals surface area contributed by atoms with Crippen LogP contribution in [-0.2, 0) is 0 Å². The molecule has 1 aliphatic rings. The Morgan fingerprint density at radius 3 is 2.36 bits per heavy atom. The molecule has 1 fully saturated rings. The van der Waals surface area contributed by atoms with Gasteiger partial charge in [-0.15, -0.1) is 10.2 Å². The number of nitrogens with zero attached hydrogens (tertiary/aromatic N) is 5. The molecule has 0 bridgehead atoms. The van der Waals surface area contributed by atoms with Gasteiger partial charge in [-0.2, -0.15) is 0 Å². The summed E-state index contributed by atoms with van der Waals surface area (Å²) in [7, 11) is 0. The third-order valence-corrected chi connectivity index (χ3v) is 6.25. The van der Waals surface area contributed by atoms with Crippen LogP contribution in [0.2, 0.25) is 5.02 Å². The van der Waals surface area contributed by atoms with Gasteiger partial charge in [0.1, 0.15) is 0 Å². The molecule has 0 amide bonds. The molecule has 0 N–H and O–H groups in total. The fourth-order valence-electron chi connectivity index (χ4n) is 3.41. The monoisotopic (exact) mass is 407 g/mol. The number of anilines is 2. The van der Waals surface area contributed by atoms with Crippen molar-refractivity contribution < 1.29 is 0 Å². The molecular weight excluding hydrogens is 390 g/mol. The smallest absolute Gasteiger partial charge is 0.186 e. The third-order valence-electron chi connectivity index (χ3n) is 4.93. The summed E-state index contributed by atoms with van der Waals surface area (Å²) in [6.45, 7) is 3.62.